The van der Waals surface area contributed by atoms with Gasteiger partial charge in [0, 0.05) is 6.20 Å². The second kappa shape index (κ2) is 4.17. The van der Waals surface area contributed by atoms with E-state index in [2.05, 4.69) is 15.6 Å². The van der Waals surface area contributed by atoms with Gasteiger partial charge < -0.3 is 10.6 Å². The van der Waals surface area contributed by atoms with Gasteiger partial charge in [-0.1, -0.05) is 0 Å². The van der Waals surface area contributed by atoms with E-state index >= 15 is 0 Å². The van der Waals surface area contributed by atoms with Crippen LogP contribution in [0.1, 0.15) is 0 Å². The Balaban J connectivity index is 2.51. The van der Waals surface area contributed by atoms with Gasteiger partial charge in [-0.05, 0) is 12.1 Å². The molecular formula is C7H8N4O. The molecular weight excluding hydrogens is 156 g/mol. The molecule has 2 radical (unpaired) electrons. The van der Waals surface area contributed by atoms with E-state index in [1.807, 2.05) is 0 Å². The van der Waals surface area contributed by atoms with E-state index < -0.39 is 0 Å². The molecule has 0 unspecified atom stereocenters. The van der Waals surface area contributed by atoms with Crippen molar-refractivity contribution in [2.24, 2.45) is 0 Å². The molecule has 0 spiro atoms. The summed E-state index contributed by atoms with van der Waals surface area (Å²) >= 11 is 0. The number of hydrogen-bond donors (Lipinski definition) is 2. The molecule has 0 saturated heterocycles. The number of pyridine rings is 1. The lowest BCUT2D eigenvalue weighted by Crippen LogP contribution is -2.20. The van der Waals surface area contributed by atoms with E-state index in [0.717, 1.165) is 0 Å². The summed E-state index contributed by atoms with van der Waals surface area (Å²) in [7, 11) is 0. The van der Waals surface area contributed by atoms with Crippen molar-refractivity contribution in [3.8, 4) is 0 Å². The fourth-order valence-corrected chi connectivity index (χ4v) is 0.723. The monoisotopic (exact) mass is 164 g/mol. The summed E-state index contributed by atoms with van der Waals surface area (Å²) in [6, 6.07) is 3.35. The van der Waals surface area contributed by atoms with Crippen LogP contribution >= 0.6 is 0 Å². The minimum atomic E-state index is -0.0785. The van der Waals surface area contributed by atoms with Crippen molar-refractivity contribution < 1.29 is 4.79 Å². The Bertz CT molecular complexity index is 263. The maximum Gasteiger partial charge on any atom is 0.208 e. The lowest BCUT2D eigenvalue weighted by atomic mass is 10.4. The fourth-order valence-electron chi connectivity index (χ4n) is 0.723. The van der Waals surface area contributed by atoms with Gasteiger partial charge in [-0.3, -0.25) is 4.79 Å². The summed E-state index contributed by atoms with van der Waals surface area (Å²) < 4.78 is 0. The zero-order valence-corrected chi connectivity index (χ0v) is 6.32. The van der Waals surface area contributed by atoms with Crippen LogP contribution in [0.25, 0.3) is 0 Å². The number of nitrogens with zero attached hydrogens (tertiary/aromatic N) is 2. The predicted octanol–water partition coefficient (Wildman–Crippen LogP) is -0.103. The number of nitrogens with one attached hydrogen (secondary N) is 2. The summed E-state index contributed by atoms with van der Waals surface area (Å²) in [5.41, 5.74) is 9.61. The van der Waals surface area contributed by atoms with Crippen molar-refractivity contribution in [1.29, 1.82) is 0 Å². The van der Waals surface area contributed by atoms with Crippen LogP contribution in [0, 0.1) is 0 Å². The van der Waals surface area contributed by atoms with Crippen LogP contribution in [0.4, 0.5) is 11.5 Å². The van der Waals surface area contributed by atoms with Gasteiger partial charge in [0.25, 0.3) is 0 Å². The molecule has 12 heavy (non-hydrogen) atoms. The maximum atomic E-state index is 9.85. The SMILES string of the molecule is [N]c1ncccc1NCNC=O. The van der Waals surface area contributed by atoms with Gasteiger partial charge in [-0.25, -0.2) is 4.98 Å². The van der Waals surface area contributed by atoms with Gasteiger partial charge in [0.1, 0.15) is 0 Å². The molecule has 0 bridgehead atoms. The zero-order chi connectivity index (χ0) is 8.81. The van der Waals surface area contributed by atoms with E-state index in [9.17, 15) is 4.79 Å². The quantitative estimate of drug-likeness (QED) is 0.370. The Kier molecular flexibility index (Phi) is 2.89. The minimum Gasteiger partial charge on any atom is -0.365 e. The van der Waals surface area contributed by atoms with Gasteiger partial charge in [-0.2, -0.15) is 0 Å². The Labute approximate surface area is 70.0 Å². The molecule has 0 fully saturated rings. The lowest BCUT2D eigenvalue weighted by molar-refractivity contribution is -0.109. The molecule has 1 aromatic rings. The second-order valence-corrected chi connectivity index (χ2v) is 2.05. The number of carbonyl (C=O) groups is 1. The molecule has 5 heteroatoms. The standard InChI is InChI=1S/C7H8N4O/c8-7-6(2-1-3-10-7)11-4-9-5-12/h1-3,5,11H,4H2,(H,9,12). The van der Waals surface area contributed by atoms with Crippen LogP contribution in [0.5, 0.6) is 0 Å². The predicted molar refractivity (Wildman–Crippen MR) is 43.7 cm³/mol. The van der Waals surface area contributed by atoms with Crippen molar-refractivity contribution in [2.75, 3.05) is 12.0 Å². The highest BCUT2D eigenvalue weighted by Crippen LogP contribution is 2.13. The third-order valence-corrected chi connectivity index (χ3v) is 1.25. The normalized spacial score (nSPS) is 9.00. The summed E-state index contributed by atoms with van der Waals surface area (Å²) in [6.45, 7) is 0.267. The van der Waals surface area contributed by atoms with Crippen molar-refractivity contribution in [3.05, 3.63) is 18.3 Å². The van der Waals surface area contributed by atoms with Crippen molar-refractivity contribution in [2.45, 2.75) is 0 Å². The molecule has 2 N–H and O–H groups in total. The Morgan fingerprint density at radius 3 is 3.17 bits per heavy atom. The van der Waals surface area contributed by atoms with Gasteiger partial charge in [0.05, 0.1) is 12.4 Å². The first-order valence-electron chi connectivity index (χ1n) is 3.39. The first-order chi connectivity index (χ1) is 5.84. The van der Waals surface area contributed by atoms with E-state index in [0.29, 0.717) is 12.1 Å². The molecule has 1 amide bonds. The maximum absolute atomic E-state index is 9.85. The molecule has 0 aromatic carbocycles. The van der Waals surface area contributed by atoms with Crippen LogP contribution in [-0.2, 0) is 4.79 Å². The summed E-state index contributed by atoms with van der Waals surface area (Å²) in [4.78, 5) is 13.5. The number of hydrogen-bond acceptors (Lipinski definition) is 3. The van der Waals surface area contributed by atoms with Crippen molar-refractivity contribution in [1.82, 2.24) is 16.0 Å². The van der Waals surface area contributed by atoms with Gasteiger partial charge in [-0.15, -0.1) is 5.73 Å². The molecule has 0 aliphatic rings. The van der Waals surface area contributed by atoms with Crippen LogP contribution < -0.4 is 16.4 Å². The van der Waals surface area contributed by atoms with Crippen molar-refractivity contribution >= 4 is 17.9 Å². The van der Waals surface area contributed by atoms with E-state index in [1.165, 1.54) is 6.20 Å². The van der Waals surface area contributed by atoms with Gasteiger partial charge in [0.15, 0.2) is 5.82 Å². The van der Waals surface area contributed by atoms with E-state index in [-0.39, 0.29) is 12.5 Å². The number of amides is 1. The third kappa shape index (κ3) is 2.12. The molecule has 0 saturated carbocycles. The van der Waals surface area contributed by atoms with Crippen LogP contribution in [-0.4, -0.2) is 18.1 Å². The first-order valence-corrected chi connectivity index (χ1v) is 3.39. The molecule has 0 aliphatic heterocycles. The summed E-state index contributed by atoms with van der Waals surface area (Å²) in [5.74, 6) is -0.0785. The summed E-state index contributed by atoms with van der Waals surface area (Å²) in [6.07, 6.45) is 2.05. The topological polar surface area (TPSA) is 76.3 Å². The van der Waals surface area contributed by atoms with E-state index in [4.69, 9.17) is 5.73 Å². The molecule has 0 aliphatic carbocycles. The molecule has 0 atom stereocenters. The Hall–Kier alpha value is -1.78. The van der Waals surface area contributed by atoms with E-state index in [1.54, 1.807) is 12.1 Å². The van der Waals surface area contributed by atoms with Gasteiger partial charge >= 0.3 is 0 Å². The van der Waals surface area contributed by atoms with Crippen LogP contribution in [0.3, 0.4) is 0 Å². The second-order valence-electron chi connectivity index (χ2n) is 2.05. The Morgan fingerprint density at radius 2 is 2.50 bits per heavy atom. The smallest absolute Gasteiger partial charge is 0.208 e. The molecule has 5 nitrogen and oxygen atoms in total. The molecule has 1 aromatic heterocycles. The molecule has 1 heterocycles. The largest absolute Gasteiger partial charge is 0.365 e. The van der Waals surface area contributed by atoms with Gasteiger partial charge in [0.2, 0.25) is 6.41 Å². The average molecular weight is 164 g/mol. The number of aromatic nitrogens is 1. The van der Waals surface area contributed by atoms with Crippen molar-refractivity contribution in [3.63, 3.8) is 0 Å². The molecule has 1 rings (SSSR count). The minimum absolute atomic E-state index is 0.0785. The highest BCUT2D eigenvalue weighted by molar-refractivity contribution is 5.59. The number of rotatable bonds is 4. The number of carbonyl (C=O) groups excluding carboxylic acids is 1. The lowest BCUT2D eigenvalue weighted by Gasteiger charge is -2.04. The Morgan fingerprint density at radius 1 is 1.67 bits per heavy atom. The van der Waals surface area contributed by atoms with Crippen LogP contribution in [0.2, 0.25) is 0 Å². The summed E-state index contributed by atoms with van der Waals surface area (Å²) in [5, 5.41) is 5.15. The third-order valence-electron chi connectivity index (χ3n) is 1.25. The number of anilines is 1. The highest BCUT2D eigenvalue weighted by Gasteiger charge is 1.97. The van der Waals surface area contributed by atoms with Crippen LogP contribution in [0.15, 0.2) is 18.3 Å². The zero-order valence-electron chi connectivity index (χ0n) is 6.32. The average Bonchev–Trinajstić information content (AvgIpc) is 2.09. The first kappa shape index (κ1) is 8.32. The highest BCUT2D eigenvalue weighted by atomic mass is 16.1. The molecule has 62 valence electrons. The fraction of sp³-hybridized carbons (Fsp3) is 0.143.